The van der Waals surface area contributed by atoms with Gasteiger partial charge in [-0.05, 0) is 24.0 Å². The lowest BCUT2D eigenvalue weighted by molar-refractivity contribution is 0.0941. The second kappa shape index (κ2) is 6.38. The molecule has 1 amide bonds. The van der Waals surface area contributed by atoms with Gasteiger partial charge in [0.05, 0.1) is 12.7 Å². The van der Waals surface area contributed by atoms with Gasteiger partial charge in [0.25, 0.3) is 5.91 Å². The number of nitrogens with one attached hydrogen (secondary N) is 1. The molecule has 0 fully saturated rings. The van der Waals surface area contributed by atoms with E-state index in [0.29, 0.717) is 24.1 Å². The van der Waals surface area contributed by atoms with Crippen LogP contribution in [0.5, 0.6) is 5.75 Å². The van der Waals surface area contributed by atoms with Crippen LogP contribution in [0.25, 0.3) is 0 Å². The molecular weight excluding hydrogens is 233 g/mol. The molecule has 100 valence electrons. The van der Waals surface area contributed by atoms with Crippen LogP contribution in [-0.4, -0.2) is 19.6 Å². The number of carbonyl (C=O) groups is 1. The van der Waals surface area contributed by atoms with Crippen LogP contribution in [0.15, 0.2) is 18.2 Å². The fourth-order valence-electron chi connectivity index (χ4n) is 1.39. The standard InChI is InChI=1S/C14H20FNO2/c1-9(2)10(3)8-16-14(17)12-6-5-11(18-4)7-13(12)15/h5-7,9-10H,8H2,1-4H3,(H,16,17). The largest absolute Gasteiger partial charge is 0.497 e. The summed E-state index contributed by atoms with van der Waals surface area (Å²) < 4.78 is 18.5. The molecule has 1 aromatic carbocycles. The first-order chi connectivity index (χ1) is 8.45. The Hall–Kier alpha value is -1.58. The monoisotopic (exact) mass is 253 g/mol. The van der Waals surface area contributed by atoms with Crippen molar-refractivity contribution in [2.75, 3.05) is 13.7 Å². The fraction of sp³-hybridized carbons (Fsp3) is 0.500. The third kappa shape index (κ3) is 3.72. The van der Waals surface area contributed by atoms with Crippen molar-refractivity contribution in [2.24, 2.45) is 11.8 Å². The number of benzene rings is 1. The summed E-state index contributed by atoms with van der Waals surface area (Å²) in [6.07, 6.45) is 0. The van der Waals surface area contributed by atoms with E-state index in [9.17, 15) is 9.18 Å². The summed E-state index contributed by atoms with van der Waals surface area (Å²) in [6, 6.07) is 4.22. The highest BCUT2D eigenvalue weighted by atomic mass is 19.1. The maximum Gasteiger partial charge on any atom is 0.254 e. The Kier molecular flexibility index (Phi) is 5.13. The minimum absolute atomic E-state index is 0.0479. The Labute approximate surface area is 107 Å². The van der Waals surface area contributed by atoms with E-state index in [1.807, 2.05) is 0 Å². The zero-order valence-corrected chi connectivity index (χ0v) is 11.3. The molecule has 4 heteroatoms. The third-order valence-corrected chi connectivity index (χ3v) is 3.14. The predicted octanol–water partition coefficient (Wildman–Crippen LogP) is 2.86. The quantitative estimate of drug-likeness (QED) is 0.876. The van der Waals surface area contributed by atoms with Crippen molar-refractivity contribution >= 4 is 5.91 Å². The molecule has 1 aromatic rings. The lowest BCUT2D eigenvalue weighted by atomic mass is 9.98. The smallest absolute Gasteiger partial charge is 0.254 e. The maximum absolute atomic E-state index is 13.6. The summed E-state index contributed by atoms with van der Waals surface area (Å²) in [5, 5.41) is 2.74. The second-order valence-corrected chi connectivity index (χ2v) is 4.78. The van der Waals surface area contributed by atoms with Crippen LogP contribution in [0.4, 0.5) is 4.39 Å². The number of methoxy groups -OCH3 is 1. The molecule has 18 heavy (non-hydrogen) atoms. The molecule has 1 atom stereocenters. The molecule has 0 heterocycles. The van der Waals surface area contributed by atoms with E-state index < -0.39 is 5.82 Å². The average Bonchev–Trinajstić information content (AvgIpc) is 2.34. The maximum atomic E-state index is 13.6. The highest BCUT2D eigenvalue weighted by Gasteiger charge is 2.14. The Balaban J connectivity index is 2.67. The highest BCUT2D eigenvalue weighted by molar-refractivity contribution is 5.94. The average molecular weight is 253 g/mol. The van der Waals surface area contributed by atoms with Gasteiger partial charge in [-0.3, -0.25) is 4.79 Å². The third-order valence-electron chi connectivity index (χ3n) is 3.14. The van der Waals surface area contributed by atoms with Crippen molar-refractivity contribution in [3.63, 3.8) is 0 Å². The molecule has 1 rings (SSSR count). The first kappa shape index (κ1) is 14.5. The summed E-state index contributed by atoms with van der Waals surface area (Å²) >= 11 is 0. The van der Waals surface area contributed by atoms with Crippen molar-refractivity contribution < 1.29 is 13.9 Å². The van der Waals surface area contributed by atoms with Gasteiger partial charge in [-0.15, -0.1) is 0 Å². The van der Waals surface area contributed by atoms with Crippen LogP contribution in [0.1, 0.15) is 31.1 Å². The molecule has 0 aliphatic rings. The van der Waals surface area contributed by atoms with Gasteiger partial charge < -0.3 is 10.1 Å². The van der Waals surface area contributed by atoms with E-state index in [-0.39, 0.29) is 11.5 Å². The summed E-state index contributed by atoms with van der Waals surface area (Å²) in [6.45, 7) is 6.77. The van der Waals surface area contributed by atoms with Crippen LogP contribution in [0, 0.1) is 17.7 Å². The topological polar surface area (TPSA) is 38.3 Å². The zero-order valence-electron chi connectivity index (χ0n) is 11.3. The zero-order chi connectivity index (χ0) is 13.7. The lowest BCUT2D eigenvalue weighted by Crippen LogP contribution is -2.30. The number of hydrogen-bond donors (Lipinski definition) is 1. The van der Waals surface area contributed by atoms with Crippen LogP contribution in [0.3, 0.4) is 0 Å². The summed E-state index contributed by atoms with van der Waals surface area (Å²) in [7, 11) is 1.46. The van der Waals surface area contributed by atoms with Crippen molar-refractivity contribution in [3.05, 3.63) is 29.6 Å². The van der Waals surface area contributed by atoms with E-state index in [1.54, 1.807) is 6.07 Å². The number of hydrogen-bond acceptors (Lipinski definition) is 2. The predicted molar refractivity (Wildman–Crippen MR) is 69.3 cm³/mol. The number of rotatable bonds is 5. The first-order valence-corrected chi connectivity index (χ1v) is 6.07. The summed E-state index contributed by atoms with van der Waals surface area (Å²) in [5.41, 5.74) is 0.0479. The number of carbonyl (C=O) groups excluding carboxylic acids is 1. The van der Waals surface area contributed by atoms with Crippen LogP contribution in [-0.2, 0) is 0 Å². The normalized spacial score (nSPS) is 12.3. The van der Waals surface area contributed by atoms with Gasteiger partial charge in [-0.1, -0.05) is 20.8 Å². The second-order valence-electron chi connectivity index (χ2n) is 4.78. The summed E-state index contributed by atoms with van der Waals surface area (Å²) in [4.78, 5) is 11.8. The highest BCUT2D eigenvalue weighted by Crippen LogP contribution is 2.16. The lowest BCUT2D eigenvalue weighted by Gasteiger charge is -2.16. The molecule has 1 unspecified atom stereocenters. The molecule has 1 N–H and O–H groups in total. The van der Waals surface area contributed by atoms with Gasteiger partial charge in [-0.2, -0.15) is 0 Å². The Morgan fingerprint density at radius 2 is 2.06 bits per heavy atom. The molecule has 0 spiro atoms. The van der Waals surface area contributed by atoms with Gasteiger partial charge >= 0.3 is 0 Å². The van der Waals surface area contributed by atoms with E-state index in [4.69, 9.17) is 4.74 Å². The van der Waals surface area contributed by atoms with Crippen LogP contribution in [0.2, 0.25) is 0 Å². The van der Waals surface area contributed by atoms with E-state index in [0.717, 1.165) is 0 Å². The van der Waals surface area contributed by atoms with Crippen molar-refractivity contribution in [1.29, 1.82) is 0 Å². The molecule has 0 saturated carbocycles. The van der Waals surface area contributed by atoms with Gasteiger partial charge in [0.15, 0.2) is 0 Å². The minimum Gasteiger partial charge on any atom is -0.497 e. The van der Waals surface area contributed by atoms with E-state index in [2.05, 4.69) is 26.1 Å². The van der Waals surface area contributed by atoms with Gasteiger partial charge in [0, 0.05) is 12.6 Å². The van der Waals surface area contributed by atoms with E-state index in [1.165, 1.54) is 19.2 Å². The molecule has 0 aliphatic heterocycles. The van der Waals surface area contributed by atoms with Gasteiger partial charge in [0.1, 0.15) is 11.6 Å². The number of amides is 1. The molecule has 0 saturated heterocycles. The van der Waals surface area contributed by atoms with Crippen molar-refractivity contribution in [3.8, 4) is 5.75 Å². The minimum atomic E-state index is -0.566. The first-order valence-electron chi connectivity index (χ1n) is 6.07. The molecule has 3 nitrogen and oxygen atoms in total. The molecule has 0 aromatic heterocycles. The Morgan fingerprint density at radius 3 is 2.56 bits per heavy atom. The van der Waals surface area contributed by atoms with Crippen LogP contribution >= 0.6 is 0 Å². The Morgan fingerprint density at radius 1 is 1.39 bits per heavy atom. The van der Waals surface area contributed by atoms with Crippen molar-refractivity contribution in [1.82, 2.24) is 5.32 Å². The SMILES string of the molecule is COc1ccc(C(=O)NCC(C)C(C)C)c(F)c1. The van der Waals surface area contributed by atoms with Gasteiger partial charge in [-0.25, -0.2) is 4.39 Å². The summed E-state index contributed by atoms with van der Waals surface area (Å²) in [5.74, 6) is 0.285. The Bertz CT molecular complexity index is 418. The van der Waals surface area contributed by atoms with E-state index >= 15 is 0 Å². The fourth-order valence-corrected chi connectivity index (χ4v) is 1.39. The molecular formula is C14H20FNO2. The molecule has 0 aliphatic carbocycles. The van der Waals surface area contributed by atoms with Crippen molar-refractivity contribution in [2.45, 2.75) is 20.8 Å². The molecule has 0 radical (unpaired) electrons. The van der Waals surface area contributed by atoms with Crippen LogP contribution < -0.4 is 10.1 Å². The number of halogens is 1. The molecule has 0 bridgehead atoms. The number of ether oxygens (including phenoxy) is 1. The van der Waals surface area contributed by atoms with Gasteiger partial charge in [0.2, 0.25) is 0 Å².